The van der Waals surface area contributed by atoms with E-state index in [1.807, 2.05) is 0 Å². The molecule has 0 saturated carbocycles. The van der Waals surface area contributed by atoms with Crippen LogP contribution in [0.3, 0.4) is 0 Å². The molecule has 0 radical (unpaired) electrons. The summed E-state index contributed by atoms with van der Waals surface area (Å²) in [5.74, 6) is -1.04. The summed E-state index contributed by atoms with van der Waals surface area (Å²) in [5.41, 5.74) is 12.2. The van der Waals surface area contributed by atoms with Crippen LogP contribution in [0.4, 0.5) is 0 Å². The van der Waals surface area contributed by atoms with Gasteiger partial charge in [0.25, 0.3) is 0 Å². The van der Waals surface area contributed by atoms with Crippen molar-refractivity contribution in [3.63, 3.8) is 0 Å². The van der Waals surface area contributed by atoms with E-state index in [0.717, 1.165) is 5.56 Å². The molecule has 16 heavy (non-hydrogen) atoms. The van der Waals surface area contributed by atoms with Gasteiger partial charge >= 0.3 is 5.97 Å². The third-order valence-corrected chi connectivity index (χ3v) is 2.33. The molecule has 0 aliphatic rings. The van der Waals surface area contributed by atoms with Crippen LogP contribution in [-0.2, 0) is 11.2 Å². The van der Waals surface area contributed by atoms with Gasteiger partial charge in [-0.15, -0.1) is 0 Å². The van der Waals surface area contributed by atoms with Crippen LogP contribution in [0.25, 0.3) is 0 Å². The quantitative estimate of drug-likeness (QED) is 0.545. The number of rotatable bonds is 5. The van der Waals surface area contributed by atoms with Gasteiger partial charge in [0.15, 0.2) is 0 Å². The number of carboxylic acids is 1. The highest BCUT2D eigenvalue weighted by atomic mass is 16.4. The van der Waals surface area contributed by atoms with Gasteiger partial charge in [0.1, 0.15) is 6.04 Å². The average Bonchev–Trinajstić information content (AvgIpc) is 2.28. The third kappa shape index (κ3) is 3.30. The van der Waals surface area contributed by atoms with E-state index in [0.29, 0.717) is 5.56 Å². The van der Waals surface area contributed by atoms with Crippen molar-refractivity contribution >= 4 is 5.97 Å². The molecule has 0 aromatic heterocycles. The van der Waals surface area contributed by atoms with Crippen molar-refractivity contribution < 1.29 is 15.0 Å². The van der Waals surface area contributed by atoms with Gasteiger partial charge < -0.3 is 21.7 Å². The van der Waals surface area contributed by atoms with Crippen LogP contribution >= 0.6 is 0 Å². The Morgan fingerprint density at radius 3 is 2.69 bits per heavy atom. The number of carbonyl (C=O) groups is 1. The van der Waals surface area contributed by atoms with Crippen molar-refractivity contribution in [2.24, 2.45) is 11.5 Å². The Balaban J connectivity index is 2.78. The standard InChI is InChI=1S/C11H16N2O3/c12-6-10(14)8-3-1-2-7(4-8)5-9(13)11(15)16/h1-4,9-10,14H,5-6,12-13H2,(H,15,16)/t9-,10?/m0/s1. The first-order chi connectivity index (χ1) is 7.54. The van der Waals surface area contributed by atoms with Gasteiger partial charge in [-0.25, -0.2) is 0 Å². The van der Waals surface area contributed by atoms with Crippen molar-refractivity contribution in [3.8, 4) is 0 Å². The van der Waals surface area contributed by atoms with Crippen LogP contribution in [0.1, 0.15) is 17.2 Å². The second-order valence-electron chi connectivity index (χ2n) is 3.65. The zero-order valence-electron chi connectivity index (χ0n) is 8.84. The maximum atomic E-state index is 10.6. The molecular weight excluding hydrogens is 208 g/mol. The summed E-state index contributed by atoms with van der Waals surface area (Å²) in [4.78, 5) is 10.6. The minimum absolute atomic E-state index is 0.133. The van der Waals surface area contributed by atoms with Gasteiger partial charge in [-0.3, -0.25) is 4.79 Å². The molecule has 0 saturated heterocycles. The second kappa shape index (κ2) is 5.60. The second-order valence-corrected chi connectivity index (χ2v) is 3.65. The normalized spacial score (nSPS) is 14.4. The van der Waals surface area contributed by atoms with E-state index >= 15 is 0 Å². The smallest absolute Gasteiger partial charge is 0.320 e. The largest absolute Gasteiger partial charge is 0.480 e. The molecule has 1 rings (SSSR count). The highest BCUT2D eigenvalue weighted by Crippen LogP contribution is 2.14. The molecule has 0 aliphatic heterocycles. The minimum atomic E-state index is -1.04. The average molecular weight is 224 g/mol. The molecule has 0 heterocycles. The first-order valence-corrected chi connectivity index (χ1v) is 5.00. The van der Waals surface area contributed by atoms with Crippen LogP contribution in [0, 0.1) is 0 Å². The van der Waals surface area contributed by atoms with Crippen LogP contribution in [0.2, 0.25) is 0 Å². The molecule has 1 unspecified atom stereocenters. The lowest BCUT2D eigenvalue weighted by atomic mass is 10.0. The van der Waals surface area contributed by atoms with Crippen LogP contribution in [-0.4, -0.2) is 28.8 Å². The predicted molar refractivity (Wildman–Crippen MR) is 59.8 cm³/mol. The molecule has 6 N–H and O–H groups in total. The van der Waals surface area contributed by atoms with Crippen molar-refractivity contribution in [2.75, 3.05) is 6.54 Å². The van der Waals surface area contributed by atoms with E-state index in [1.54, 1.807) is 24.3 Å². The van der Waals surface area contributed by atoms with Crippen molar-refractivity contribution in [1.82, 2.24) is 0 Å². The lowest BCUT2D eigenvalue weighted by Gasteiger charge is -2.11. The molecule has 0 aliphatic carbocycles. The fourth-order valence-electron chi connectivity index (χ4n) is 1.40. The van der Waals surface area contributed by atoms with E-state index in [4.69, 9.17) is 16.6 Å². The lowest BCUT2D eigenvalue weighted by Crippen LogP contribution is -2.32. The summed E-state index contributed by atoms with van der Waals surface area (Å²) < 4.78 is 0. The van der Waals surface area contributed by atoms with Crippen molar-refractivity contribution in [2.45, 2.75) is 18.6 Å². The van der Waals surface area contributed by atoms with Crippen LogP contribution in [0.5, 0.6) is 0 Å². The third-order valence-electron chi connectivity index (χ3n) is 2.33. The maximum Gasteiger partial charge on any atom is 0.320 e. The molecule has 1 aromatic rings. The first kappa shape index (κ1) is 12.6. The van der Waals surface area contributed by atoms with Crippen LogP contribution < -0.4 is 11.5 Å². The van der Waals surface area contributed by atoms with Crippen molar-refractivity contribution in [1.29, 1.82) is 0 Å². The Labute approximate surface area is 93.7 Å². The molecule has 0 amide bonds. The molecular formula is C11H16N2O3. The number of aliphatic hydroxyl groups is 1. The first-order valence-electron chi connectivity index (χ1n) is 5.00. The number of carboxylic acid groups (broad SMARTS) is 1. The summed E-state index contributed by atoms with van der Waals surface area (Å²) in [6.07, 6.45) is -0.485. The number of nitrogens with two attached hydrogens (primary N) is 2. The Morgan fingerprint density at radius 2 is 2.12 bits per heavy atom. The van der Waals surface area contributed by atoms with E-state index in [9.17, 15) is 9.90 Å². The molecule has 0 bridgehead atoms. The Kier molecular flexibility index (Phi) is 4.42. The van der Waals surface area contributed by atoms with Crippen molar-refractivity contribution in [3.05, 3.63) is 35.4 Å². The zero-order valence-corrected chi connectivity index (χ0v) is 8.84. The van der Waals surface area contributed by atoms with Gasteiger partial charge in [-0.1, -0.05) is 24.3 Å². The summed E-state index contributed by atoms with van der Waals surface area (Å²) in [7, 11) is 0. The molecule has 2 atom stereocenters. The van der Waals surface area contributed by atoms with Crippen LogP contribution in [0.15, 0.2) is 24.3 Å². The molecule has 0 fully saturated rings. The monoisotopic (exact) mass is 224 g/mol. The SMILES string of the molecule is NCC(O)c1cccc(C[C@H](N)C(=O)O)c1. The molecule has 0 spiro atoms. The number of aliphatic carboxylic acids is 1. The minimum Gasteiger partial charge on any atom is -0.480 e. The Morgan fingerprint density at radius 1 is 1.44 bits per heavy atom. The molecule has 5 heteroatoms. The Hall–Kier alpha value is -1.43. The van der Waals surface area contributed by atoms with E-state index in [1.165, 1.54) is 0 Å². The van der Waals surface area contributed by atoms with Gasteiger partial charge in [-0.05, 0) is 17.5 Å². The fraction of sp³-hybridized carbons (Fsp3) is 0.364. The Bertz CT molecular complexity index is 368. The highest BCUT2D eigenvalue weighted by molar-refractivity contribution is 5.73. The zero-order chi connectivity index (χ0) is 12.1. The highest BCUT2D eigenvalue weighted by Gasteiger charge is 2.13. The number of hydrogen-bond donors (Lipinski definition) is 4. The summed E-state index contributed by atoms with van der Waals surface area (Å²) in [5, 5.41) is 18.2. The number of hydrogen-bond acceptors (Lipinski definition) is 4. The lowest BCUT2D eigenvalue weighted by molar-refractivity contribution is -0.138. The van der Waals surface area contributed by atoms with E-state index in [-0.39, 0.29) is 13.0 Å². The summed E-state index contributed by atoms with van der Waals surface area (Å²) in [6.45, 7) is 0.133. The maximum absolute atomic E-state index is 10.6. The number of benzene rings is 1. The fourth-order valence-corrected chi connectivity index (χ4v) is 1.40. The van der Waals surface area contributed by atoms with Gasteiger partial charge in [-0.2, -0.15) is 0 Å². The predicted octanol–water partition coefficient (Wildman–Crippen LogP) is -0.367. The molecule has 1 aromatic carbocycles. The van der Waals surface area contributed by atoms with Gasteiger partial charge in [0.05, 0.1) is 6.10 Å². The van der Waals surface area contributed by atoms with E-state index in [2.05, 4.69) is 0 Å². The molecule has 88 valence electrons. The molecule has 5 nitrogen and oxygen atoms in total. The van der Waals surface area contributed by atoms with E-state index < -0.39 is 18.1 Å². The topological polar surface area (TPSA) is 110 Å². The van der Waals surface area contributed by atoms with Gasteiger partial charge in [0.2, 0.25) is 0 Å². The number of aliphatic hydroxyl groups excluding tert-OH is 1. The van der Waals surface area contributed by atoms with Gasteiger partial charge in [0, 0.05) is 6.54 Å². The summed E-state index contributed by atoms with van der Waals surface area (Å²) >= 11 is 0. The summed E-state index contributed by atoms with van der Waals surface area (Å²) in [6, 6.07) is 6.06.